The first-order valence-electron chi connectivity index (χ1n) is 8.48. The van der Waals surface area contributed by atoms with Crippen molar-refractivity contribution in [1.29, 1.82) is 0 Å². The van der Waals surface area contributed by atoms with Crippen molar-refractivity contribution >= 4 is 15.9 Å². The van der Waals surface area contributed by atoms with Gasteiger partial charge in [0.05, 0.1) is 11.4 Å². The Morgan fingerprint density at radius 3 is 2.20 bits per heavy atom. The molecule has 0 unspecified atom stereocenters. The molecule has 0 bridgehead atoms. The van der Waals surface area contributed by atoms with Gasteiger partial charge in [-0.1, -0.05) is 12.0 Å². The molecule has 0 aliphatic carbocycles. The van der Waals surface area contributed by atoms with Crippen molar-refractivity contribution in [2.45, 2.75) is 45.4 Å². The van der Waals surface area contributed by atoms with Gasteiger partial charge in [-0.2, -0.15) is 4.31 Å². The maximum absolute atomic E-state index is 13.2. The molecule has 25 heavy (non-hydrogen) atoms. The number of piperidine rings is 1. The first kappa shape index (κ1) is 19.5. The summed E-state index contributed by atoms with van der Waals surface area (Å²) in [5.41, 5.74) is 3.56. The van der Waals surface area contributed by atoms with Crippen molar-refractivity contribution in [2.75, 3.05) is 19.6 Å². The predicted molar refractivity (Wildman–Crippen MR) is 98.7 cm³/mol. The van der Waals surface area contributed by atoms with Crippen molar-refractivity contribution in [1.82, 2.24) is 9.62 Å². The Hall–Kier alpha value is -1.84. The molecule has 1 aromatic carbocycles. The number of nitrogens with one attached hydrogen (secondary N) is 1. The second-order valence-electron chi connectivity index (χ2n) is 6.69. The van der Waals surface area contributed by atoms with Gasteiger partial charge in [0.2, 0.25) is 15.9 Å². The molecule has 0 spiro atoms. The summed E-state index contributed by atoms with van der Waals surface area (Å²) in [7, 11) is -3.57. The number of hydrogen-bond acceptors (Lipinski definition) is 3. The third-order valence-electron chi connectivity index (χ3n) is 5.08. The molecule has 1 aromatic rings. The predicted octanol–water partition coefficient (Wildman–Crippen LogP) is 2.07. The summed E-state index contributed by atoms with van der Waals surface area (Å²) in [6.45, 7) is 8.48. The summed E-state index contributed by atoms with van der Waals surface area (Å²) >= 11 is 0. The molecule has 1 fully saturated rings. The number of nitrogens with zero attached hydrogens (tertiary/aromatic N) is 1. The largest absolute Gasteiger partial charge is 0.345 e. The highest BCUT2D eigenvalue weighted by atomic mass is 32.2. The minimum absolute atomic E-state index is 0.0891. The molecule has 1 aliphatic rings. The number of carbonyl (C=O) groups is 1. The van der Waals surface area contributed by atoms with Gasteiger partial charge in [0, 0.05) is 19.0 Å². The fraction of sp³-hybridized carbons (Fsp3) is 0.526. The number of terminal acetylenes is 1. The van der Waals surface area contributed by atoms with Gasteiger partial charge in [-0.15, -0.1) is 6.42 Å². The van der Waals surface area contributed by atoms with E-state index in [9.17, 15) is 13.2 Å². The van der Waals surface area contributed by atoms with E-state index in [-0.39, 0.29) is 18.4 Å². The Balaban J connectivity index is 2.21. The molecule has 1 aliphatic heterocycles. The van der Waals surface area contributed by atoms with E-state index in [2.05, 4.69) is 11.2 Å². The lowest BCUT2D eigenvalue weighted by Gasteiger charge is -2.31. The molecule has 1 heterocycles. The summed E-state index contributed by atoms with van der Waals surface area (Å²) in [6.07, 6.45) is 6.18. The SMILES string of the molecule is C#CCNC(=O)C1CCN(S(=O)(=O)c2c(C)c(C)cc(C)c2C)CC1. The number of sulfonamides is 1. The highest BCUT2D eigenvalue weighted by Gasteiger charge is 2.34. The summed E-state index contributed by atoms with van der Waals surface area (Å²) < 4.78 is 27.9. The van der Waals surface area contributed by atoms with Crippen LogP contribution in [0.1, 0.15) is 35.1 Å². The Morgan fingerprint density at radius 2 is 1.72 bits per heavy atom. The van der Waals surface area contributed by atoms with E-state index in [0.29, 0.717) is 30.8 Å². The topological polar surface area (TPSA) is 66.5 Å². The van der Waals surface area contributed by atoms with Crippen LogP contribution in [0.15, 0.2) is 11.0 Å². The Labute approximate surface area is 150 Å². The zero-order valence-electron chi connectivity index (χ0n) is 15.3. The second-order valence-corrected chi connectivity index (χ2v) is 8.56. The van der Waals surface area contributed by atoms with Crippen LogP contribution in [0.4, 0.5) is 0 Å². The van der Waals surface area contributed by atoms with Gasteiger partial charge in [0.25, 0.3) is 0 Å². The first-order chi connectivity index (χ1) is 11.7. The van der Waals surface area contributed by atoms with E-state index in [1.807, 2.05) is 33.8 Å². The molecule has 0 saturated carbocycles. The summed E-state index contributed by atoms with van der Waals surface area (Å²) in [5, 5.41) is 2.68. The highest BCUT2D eigenvalue weighted by molar-refractivity contribution is 7.89. The lowest BCUT2D eigenvalue weighted by Crippen LogP contribution is -2.43. The fourth-order valence-corrected chi connectivity index (χ4v) is 5.38. The zero-order valence-corrected chi connectivity index (χ0v) is 16.2. The molecule has 0 aromatic heterocycles. The van der Waals surface area contributed by atoms with Crippen LogP contribution < -0.4 is 5.32 Å². The lowest BCUT2D eigenvalue weighted by molar-refractivity contribution is -0.125. The van der Waals surface area contributed by atoms with Gasteiger partial charge in [-0.25, -0.2) is 8.42 Å². The van der Waals surface area contributed by atoms with Crippen LogP contribution >= 0.6 is 0 Å². The van der Waals surface area contributed by atoms with Crippen LogP contribution in [0.3, 0.4) is 0 Å². The number of rotatable bonds is 4. The number of amides is 1. The Morgan fingerprint density at radius 1 is 1.20 bits per heavy atom. The molecule has 0 radical (unpaired) electrons. The zero-order chi connectivity index (χ0) is 18.8. The van der Waals surface area contributed by atoms with Crippen molar-refractivity contribution < 1.29 is 13.2 Å². The smallest absolute Gasteiger partial charge is 0.243 e. The third-order valence-corrected chi connectivity index (χ3v) is 7.26. The third kappa shape index (κ3) is 3.88. The molecule has 136 valence electrons. The monoisotopic (exact) mass is 362 g/mol. The lowest BCUT2D eigenvalue weighted by atomic mass is 9.97. The van der Waals surface area contributed by atoms with E-state index < -0.39 is 10.0 Å². The fourth-order valence-electron chi connectivity index (χ4n) is 3.34. The Bertz CT molecular complexity index is 788. The average Bonchev–Trinajstić information content (AvgIpc) is 2.58. The van der Waals surface area contributed by atoms with E-state index >= 15 is 0 Å². The molecular weight excluding hydrogens is 336 g/mol. The van der Waals surface area contributed by atoms with E-state index in [1.165, 1.54) is 4.31 Å². The van der Waals surface area contributed by atoms with Crippen molar-refractivity contribution in [3.05, 3.63) is 28.3 Å². The molecule has 1 amide bonds. The van der Waals surface area contributed by atoms with Gasteiger partial charge < -0.3 is 5.32 Å². The van der Waals surface area contributed by atoms with E-state index in [4.69, 9.17) is 6.42 Å². The van der Waals surface area contributed by atoms with Crippen molar-refractivity contribution in [3.63, 3.8) is 0 Å². The second kappa shape index (κ2) is 7.59. The normalized spacial score (nSPS) is 16.4. The van der Waals surface area contributed by atoms with Gasteiger partial charge in [0.1, 0.15) is 0 Å². The number of carbonyl (C=O) groups excluding carboxylic acids is 1. The standard InChI is InChI=1S/C19H26N2O3S/c1-6-9-20-19(22)17-7-10-21(11-8-17)25(23,24)18-15(4)13(2)12-14(3)16(18)5/h1,12,17H,7-11H2,2-5H3,(H,20,22). The molecule has 1 saturated heterocycles. The molecule has 1 N–H and O–H groups in total. The van der Waals surface area contributed by atoms with E-state index in [1.54, 1.807) is 0 Å². The van der Waals surface area contributed by atoms with Crippen LogP contribution in [-0.4, -0.2) is 38.3 Å². The molecular formula is C19H26N2O3S. The van der Waals surface area contributed by atoms with Crippen LogP contribution in [0.25, 0.3) is 0 Å². The first-order valence-corrected chi connectivity index (χ1v) is 9.92. The minimum Gasteiger partial charge on any atom is -0.345 e. The van der Waals surface area contributed by atoms with Crippen molar-refractivity contribution in [2.24, 2.45) is 5.92 Å². The molecule has 2 rings (SSSR count). The molecule has 5 nitrogen and oxygen atoms in total. The van der Waals surface area contributed by atoms with Gasteiger partial charge in [-0.05, 0) is 62.8 Å². The minimum atomic E-state index is -3.57. The van der Waals surface area contributed by atoms with Crippen LogP contribution in [0, 0.1) is 46.0 Å². The van der Waals surface area contributed by atoms with Crippen LogP contribution in [0.2, 0.25) is 0 Å². The van der Waals surface area contributed by atoms with Crippen LogP contribution in [0.5, 0.6) is 0 Å². The summed E-state index contributed by atoms with van der Waals surface area (Å²) in [4.78, 5) is 12.4. The van der Waals surface area contributed by atoms with Crippen molar-refractivity contribution in [3.8, 4) is 12.3 Å². The summed E-state index contributed by atoms with van der Waals surface area (Å²) in [5.74, 6) is 2.11. The van der Waals surface area contributed by atoms with Crippen LogP contribution in [-0.2, 0) is 14.8 Å². The summed E-state index contributed by atoms with van der Waals surface area (Å²) in [6, 6.07) is 2.02. The average molecular weight is 362 g/mol. The Kier molecular flexibility index (Phi) is 5.91. The quantitative estimate of drug-likeness (QED) is 0.834. The molecule has 6 heteroatoms. The maximum Gasteiger partial charge on any atom is 0.243 e. The number of benzene rings is 1. The van der Waals surface area contributed by atoms with Gasteiger partial charge in [0.15, 0.2) is 0 Å². The number of hydrogen-bond donors (Lipinski definition) is 1. The number of aryl methyl sites for hydroxylation is 2. The maximum atomic E-state index is 13.2. The van der Waals surface area contributed by atoms with E-state index in [0.717, 1.165) is 22.3 Å². The van der Waals surface area contributed by atoms with Gasteiger partial charge >= 0.3 is 0 Å². The molecule has 0 atom stereocenters. The van der Waals surface area contributed by atoms with Gasteiger partial charge in [-0.3, -0.25) is 4.79 Å². The highest BCUT2D eigenvalue weighted by Crippen LogP contribution is 2.31.